The first-order valence-corrected chi connectivity index (χ1v) is 13.5. The molecule has 0 amide bonds. The minimum atomic E-state index is -1.13. The summed E-state index contributed by atoms with van der Waals surface area (Å²) < 4.78 is 22.7. The first-order chi connectivity index (χ1) is 19.4. The summed E-state index contributed by atoms with van der Waals surface area (Å²) in [6.07, 6.45) is 2.71. The van der Waals surface area contributed by atoms with Crippen molar-refractivity contribution >= 4 is 25.0 Å². The second-order valence-corrected chi connectivity index (χ2v) is 9.37. The summed E-state index contributed by atoms with van der Waals surface area (Å²) in [6, 6.07) is 22.0. The van der Waals surface area contributed by atoms with E-state index >= 15 is 0 Å². The van der Waals surface area contributed by atoms with E-state index in [-0.39, 0.29) is 19.1 Å². The largest absolute Gasteiger partial charge is 0.636 e. The Kier molecular flexibility index (Phi) is 11.6. The fraction of sp³-hybridized carbons (Fsp3) is 0.323. The zero-order valence-electron chi connectivity index (χ0n) is 23.5. The van der Waals surface area contributed by atoms with Crippen LogP contribution in [0, 0.1) is 11.3 Å². The van der Waals surface area contributed by atoms with E-state index in [1.54, 1.807) is 60.5 Å². The number of rotatable bonds is 11. The highest BCUT2D eigenvalue weighted by molar-refractivity contribution is 6.63. The van der Waals surface area contributed by atoms with Crippen molar-refractivity contribution in [3.63, 3.8) is 0 Å². The number of hydrogen-bond acceptors (Lipinski definition) is 8. The zero-order valence-corrected chi connectivity index (χ0v) is 23.5. The highest BCUT2D eigenvalue weighted by atomic mass is 16.6. The maximum absolute atomic E-state index is 12.1. The van der Waals surface area contributed by atoms with Gasteiger partial charge in [0, 0.05) is 11.0 Å². The van der Waals surface area contributed by atoms with Crippen molar-refractivity contribution in [3.8, 4) is 23.3 Å². The second-order valence-electron chi connectivity index (χ2n) is 9.37. The van der Waals surface area contributed by atoms with E-state index in [0.29, 0.717) is 29.1 Å². The molecule has 1 aliphatic carbocycles. The third-order valence-corrected chi connectivity index (χ3v) is 6.17. The summed E-state index contributed by atoms with van der Waals surface area (Å²) in [5, 5.41) is 8.99. The smallest absolute Gasteiger partial charge is 0.498 e. The van der Waals surface area contributed by atoms with Crippen LogP contribution in [0.1, 0.15) is 56.4 Å². The van der Waals surface area contributed by atoms with Crippen molar-refractivity contribution in [3.05, 3.63) is 83.4 Å². The van der Waals surface area contributed by atoms with Crippen molar-refractivity contribution in [2.24, 2.45) is 0 Å². The zero-order chi connectivity index (χ0) is 28.9. The molecule has 3 aromatic carbocycles. The molecule has 0 saturated carbocycles. The second kappa shape index (κ2) is 15.3. The summed E-state index contributed by atoms with van der Waals surface area (Å²) in [5.41, 5.74) is 3.26. The highest BCUT2D eigenvalue weighted by Crippen LogP contribution is 2.40. The lowest BCUT2D eigenvalue weighted by Gasteiger charge is -2.18. The van der Waals surface area contributed by atoms with E-state index in [2.05, 4.69) is 19.9 Å². The highest BCUT2D eigenvalue weighted by Gasteiger charge is 2.30. The molecule has 0 aromatic heterocycles. The number of carbonyl (C=O) groups excluding carboxylic acids is 2. The molecule has 1 aliphatic rings. The van der Waals surface area contributed by atoms with Gasteiger partial charge in [0.05, 0.1) is 18.2 Å². The van der Waals surface area contributed by atoms with Crippen molar-refractivity contribution < 1.29 is 28.4 Å². The topological polar surface area (TPSA) is 98.1 Å². The molecule has 0 aliphatic heterocycles. The first-order valence-electron chi connectivity index (χ1n) is 13.5. The van der Waals surface area contributed by atoms with Crippen LogP contribution < -0.4 is 14.9 Å². The quantitative estimate of drug-likeness (QED) is 0.241. The van der Waals surface area contributed by atoms with Gasteiger partial charge in [-0.25, -0.2) is 0 Å². The SMILES string of the molecule is CCC.CCN(C)CC(=O)OB(OC=O)c1ccc(OC2CCc3c(Oc4ccc(C#N)cc4)cccc32)cc1. The van der Waals surface area contributed by atoms with Crippen molar-refractivity contribution in [1.82, 2.24) is 4.90 Å². The van der Waals surface area contributed by atoms with Crippen molar-refractivity contribution in [2.75, 3.05) is 20.1 Å². The number of carbonyl (C=O) groups is 2. The Labute approximate surface area is 236 Å². The molecule has 3 aromatic rings. The summed E-state index contributed by atoms with van der Waals surface area (Å²) in [6.45, 7) is 7.22. The fourth-order valence-electron chi connectivity index (χ4n) is 4.11. The Balaban J connectivity index is 0.00000141. The maximum Gasteiger partial charge on any atom is 0.636 e. The van der Waals surface area contributed by atoms with Gasteiger partial charge in [0.25, 0.3) is 6.47 Å². The number of ether oxygens (including phenoxy) is 2. The summed E-state index contributed by atoms with van der Waals surface area (Å²) in [7, 11) is 0.671. The Morgan fingerprint density at radius 1 is 1.05 bits per heavy atom. The number of nitrogens with zero attached hydrogens (tertiary/aromatic N) is 2. The van der Waals surface area contributed by atoms with Gasteiger partial charge in [-0.3, -0.25) is 14.5 Å². The van der Waals surface area contributed by atoms with Crippen LogP contribution in [-0.2, 0) is 25.3 Å². The van der Waals surface area contributed by atoms with Gasteiger partial charge in [0.2, 0.25) is 0 Å². The van der Waals surface area contributed by atoms with Gasteiger partial charge < -0.3 is 18.8 Å². The molecule has 8 nitrogen and oxygen atoms in total. The number of nitriles is 1. The van der Waals surface area contributed by atoms with Crippen LogP contribution in [0.3, 0.4) is 0 Å². The Bertz CT molecular complexity index is 1290. The molecular weight excluding hydrogens is 507 g/mol. The van der Waals surface area contributed by atoms with Crippen LogP contribution in [0.15, 0.2) is 66.7 Å². The van der Waals surface area contributed by atoms with Gasteiger partial charge in [-0.1, -0.05) is 51.5 Å². The standard InChI is InChI=1S/C28H27BN2O6.C3H8/c1-3-31(2)18-28(33)37-29(34-19-32)21-9-13-23(14-10-21)36-27-16-15-25-24(27)5-4-6-26(25)35-22-11-7-20(17-30)8-12-22;1-3-2/h4-14,19,27H,3,15-16,18H2,1-2H3;3H2,1-2H3. The van der Waals surface area contributed by atoms with Crippen LogP contribution in [0.25, 0.3) is 0 Å². The predicted octanol–water partition coefficient (Wildman–Crippen LogP) is 5.20. The third kappa shape index (κ3) is 8.36. The molecule has 4 rings (SSSR count). The molecule has 40 heavy (non-hydrogen) atoms. The Morgan fingerprint density at radius 3 is 2.35 bits per heavy atom. The number of hydrogen-bond donors (Lipinski definition) is 0. The first kappa shape index (κ1) is 30.3. The average Bonchev–Trinajstić information content (AvgIpc) is 3.37. The normalized spacial score (nSPS) is 13.2. The van der Waals surface area contributed by atoms with Gasteiger partial charge in [0.1, 0.15) is 23.4 Å². The minimum Gasteiger partial charge on any atom is -0.498 e. The van der Waals surface area contributed by atoms with Crippen LogP contribution in [0.2, 0.25) is 0 Å². The molecule has 0 saturated heterocycles. The Hall–Kier alpha value is -4.29. The number of fused-ring (bicyclic) bond motifs is 1. The summed E-state index contributed by atoms with van der Waals surface area (Å²) in [4.78, 5) is 24.9. The molecule has 9 heteroatoms. The Morgan fingerprint density at radius 2 is 1.73 bits per heavy atom. The van der Waals surface area contributed by atoms with Gasteiger partial charge >= 0.3 is 13.1 Å². The number of likely N-dealkylation sites (N-methyl/N-ethyl adjacent to an activating group) is 1. The van der Waals surface area contributed by atoms with Crippen LogP contribution in [0.5, 0.6) is 17.2 Å². The lowest BCUT2D eigenvalue weighted by Crippen LogP contribution is -2.41. The van der Waals surface area contributed by atoms with Gasteiger partial charge in [0.15, 0.2) is 0 Å². The third-order valence-electron chi connectivity index (χ3n) is 6.17. The van der Waals surface area contributed by atoms with Crippen molar-refractivity contribution in [1.29, 1.82) is 5.26 Å². The molecule has 208 valence electrons. The predicted molar refractivity (Wildman–Crippen MR) is 154 cm³/mol. The van der Waals surface area contributed by atoms with Crippen LogP contribution >= 0.6 is 0 Å². The molecule has 0 radical (unpaired) electrons. The lowest BCUT2D eigenvalue weighted by molar-refractivity contribution is -0.137. The van der Waals surface area contributed by atoms with Crippen molar-refractivity contribution in [2.45, 2.75) is 46.1 Å². The molecule has 1 atom stereocenters. The minimum absolute atomic E-state index is 0.0916. The van der Waals surface area contributed by atoms with Gasteiger partial charge in [-0.15, -0.1) is 0 Å². The maximum atomic E-state index is 12.1. The van der Waals surface area contributed by atoms with Crippen LogP contribution in [0.4, 0.5) is 0 Å². The van der Waals surface area contributed by atoms with E-state index in [9.17, 15) is 9.59 Å². The summed E-state index contributed by atoms with van der Waals surface area (Å²) in [5.74, 6) is 1.59. The van der Waals surface area contributed by atoms with E-state index in [0.717, 1.165) is 29.7 Å². The van der Waals surface area contributed by atoms with Crippen LogP contribution in [-0.4, -0.2) is 44.6 Å². The molecule has 0 fully saturated rings. The monoisotopic (exact) mass is 542 g/mol. The average molecular weight is 542 g/mol. The van der Waals surface area contributed by atoms with Gasteiger partial charge in [-0.2, -0.15) is 5.26 Å². The molecule has 0 heterocycles. The summed E-state index contributed by atoms with van der Waals surface area (Å²) >= 11 is 0. The molecule has 0 N–H and O–H groups in total. The van der Waals surface area contributed by atoms with E-state index in [1.165, 1.54) is 6.42 Å². The lowest BCUT2D eigenvalue weighted by atomic mass is 9.79. The fourth-order valence-corrected chi connectivity index (χ4v) is 4.11. The van der Waals surface area contributed by atoms with E-state index in [1.807, 2.05) is 25.1 Å². The molecule has 0 bridgehead atoms. The molecule has 1 unspecified atom stereocenters. The molecule has 0 spiro atoms. The van der Waals surface area contributed by atoms with E-state index < -0.39 is 13.1 Å². The molecular formula is C31H35BN2O6. The van der Waals surface area contributed by atoms with E-state index in [4.69, 9.17) is 24.0 Å². The van der Waals surface area contributed by atoms with Gasteiger partial charge in [-0.05, 0) is 74.5 Å². The number of benzene rings is 3.